The van der Waals surface area contributed by atoms with E-state index in [1.165, 1.54) is 6.07 Å². The van der Waals surface area contributed by atoms with Crippen molar-refractivity contribution in [3.63, 3.8) is 0 Å². The fourth-order valence-corrected chi connectivity index (χ4v) is 3.22. The van der Waals surface area contributed by atoms with Crippen molar-refractivity contribution in [1.82, 2.24) is 9.88 Å². The van der Waals surface area contributed by atoms with Crippen molar-refractivity contribution in [2.75, 3.05) is 12.4 Å². The summed E-state index contributed by atoms with van der Waals surface area (Å²) in [5, 5.41) is 3.64. The van der Waals surface area contributed by atoms with Crippen LogP contribution in [0.25, 0.3) is 10.2 Å². The molecule has 0 atom stereocenters. The molecule has 0 saturated heterocycles. The van der Waals surface area contributed by atoms with Crippen LogP contribution < -0.4 is 5.32 Å². The lowest BCUT2D eigenvalue weighted by Crippen LogP contribution is -2.30. The van der Waals surface area contributed by atoms with Gasteiger partial charge in [0.05, 0.1) is 16.8 Å². The van der Waals surface area contributed by atoms with E-state index in [4.69, 9.17) is 0 Å². The number of aromatic nitrogens is 1. The zero-order valence-corrected chi connectivity index (χ0v) is 13.7. The Morgan fingerprint density at radius 1 is 1.30 bits per heavy atom. The van der Waals surface area contributed by atoms with Crippen LogP contribution in [-0.4, -0.2) is 23.0 Å². The summed E-state index contributed by atoms with van der Waals surface area (Å²) in [6.07, 6.45) is 0. The third-order valence-electron chi connectivity index (χ3n) is 3.47. The van der Waals surface area contributed by atoms with Gasteiger partial charge in [0.2, 0.25) is 0 Å². The lowest BCUT2D eigenvalue weighted by Gasteiger charge is -2.16. The van der Waals surface area contributed by atoms with E-state index in [9.17, 15) is 9.18 Å². The fourth-order valence-electron chi connectivity index (χ4n) is 2.20. The lowest BCUT2D eigenvalue weighted by molar-refractivity contribution is 0.220. The Balaban J connectivity index is 1.68. The first kappa shape index (κ1) is 15.4. The zero-order valence-electron chi connectivity index (χ0n) is 12.8. The minimum Gasteiger partial charge on any atom is -0.321 e. The van der Waals surface area contributed by atoms with Gasteiger partial charge >= 0.3 is 6.03 Å². The SMILES string of the molecule is Cc1cc(NC(=O)N(C)Cc2nc3ccccc3s2)ccc1F. The number of carbonyl (C=O) groups excluding carboxylic acids is 1. The molecule has 2 aromatic carbocycles. The van der Waals surface area contributed by atoms with Gasteiger partial charge in [-0.15, -0.1) is 11.3 Å². The molecule has 23 heavy (non-hydrogen) atoms. The number of halogens is 1. The van der Waals surface area contributed by atoms with Gasteiger partial charge in [0.1, 0.15) is 10.8 Å². The molecule has 0 aliphatic rings. The maximum atomic E-state index is 13.3. The van der Waals surface area contributed by atoms with Gasteiger partial charge in [-0.2, -0.15) is 0 Å². The predicted octanol–water partition coefficient (Wildman–Crippen LogP) is 4.41. The van der Waals surface area contributed by atoms with Crippen molar-refractivity contribution < 1.29 is 9.18 Å². The quantitative estimate of drug-likeness (QED) is 0.774. The second-order valence-corrected chi connectivity index (χ2v) is 6.44. The van der Waals surface area contributed by atoms with Gasteiger partial charge in [-0.3, -0.25) is 0 Å². The van der Waals surface area contributed by atoms with E-state index in [0.29, 0.717) is 17.8 Å². The standard InChI is InChI=1S/C17H16FN3OS/c1-11-9-12(7-8-13(11)18)19-17(22)21(2)10-16-20-14-5-3-4-6-15(14)23-16/h3-9H,10H2,1-2H3,(H,19,22). The average molecular weight is 329 g/mol. The third-order valence-corrected chi connectivity index (χ3v) is 4.49. The van der Waals surface area contributed by atoms with Gasteiger partial charge in [0.15, 0.2) is 0 Å². The van der Waals surface area contributed by atoms with Crippen LogP contribution in [0.2, 0.25) is 0 Å². The topological polar surface area (TPSA) is 45.2 Å². The highest BCUT2D eigenvalue weighted by Gasteiger charge is 2.12. The zero-order chi connectivity index (χ0) is 16.4. The number of urea groups is 1. The molecule has 3 rings (SSSR count). The molecule has 0 saturated carbocycles. The minimum atomic E-state index is -0.286. The van der Waals surface area contributed by atoms with Crippen molar-refractivity contribution in [2.24, 2.45) is 0 Å². The molecule has 1 N–H and O–H groups in total. The highest BCUT2D eigenvalue weighted by molar-refractivity contribution is 7.18. The molecule has 1 heterocycles. The summed E-state index contributed by atoms with van der Waals surface area (Å²) in [6.45, 7) is 2.08. The first-order valence-corrected chi connectivity index (χ1v) is 7.97. The van der Waals surface area contributed by atoms with Crippen molar-refractivity contribution >= 4 is 33.3 Å². The predicted molar refractivity (Wildman–Crippen MR) is 91.2 cm³/mol. The van der Waals surface area contributed by atoms with Crippen LogP contribution in [0.5, 0.6) is 0 Å². The number of hydrogen-bond acceptors (Lipinski definition) is 3. The molecule has 0 bridgehead atoms. The van der Waals surface area contributed by atoms with Crippen LogP contribution in [0.4, 0.5) is 14.9 Å². The minimum absolute atomic E-state index is 0.254. The molecule has 0 aliphatic carbocycles. The van der Waals surface area contributed by atoms with Gasteiger partial charge in [-0.1, -0.05) is 12.1 Å². The summed E-state index contributed by atoms with van der Waals surface area (Å²) in [6, 6.07) is 12.1. The monoisotopic (exact) mass is 329 g/mol. The maximum Gasteiger partial charge on any atom is 0.321 e. The number of hydrogen-bond donors (Lipinski definition) is 1. The molecule has 0 unspecified atom stereocenters. The summed E-state index contributed by atoms with van der Waals surface area (Å²) in [5.74, 6) is -0.286. The Hall–Kier alpha value is -2.47. The number of thiazole rings is 1. The molecule has 4 nitrogen and oxygen atoms in total. The highest BCUT2D eigenvalue weighted by atomic mass is 32.1. The number of anilines is 1. The van der Waals surface area contributed by atoms with E-state index >= 15 is 0 Å². The molecule has 6 heteroatoms. The van der Waals surface area contributed by atoms with Gasteiger partial charge in [-0.05, 0) is 42.8 Å². The number of rotatable bonds is 3. The van der Waals surface area contributed by atoms with Gasteiger partial charge < -0.3 is 10.2 Å². The van der Waals surface area contributed by atoms with E-state index < -0.39 is 0 Å². The Labute approximate surface area is 137 Å². The molecule has 0 fully saturated rings. The number of nitrogens with one attached hydrogen (secondary N) is 1. The Morgan fingerprint density at radius 3 is 2.83 bits per heavy atom. The summed E-state index contributed by atoms with van der Waals surface area (Å²) >= 11 is 1.57. The largest absolute Gasteiger partial charge is 0.321 e. The molecular weight excluding hydrogens is 313 g/mol. The molecule has 0 spiro atoms. The number of amides is 2. The van der Waals surface area contributed by atoms with Crippen LogP contribution in [0.15, 0.2) is 42.5 Å². The molecule has 2 amide bonds. The first-order valence-electron chi connectivity index (χ1n) is 7.15. The lowest BCUT2D eigenvalue weighted by atomic mass is 10.2. The second kappa shape index (κ2) is 6.34. The smallest absolute Gasteiger partial charge is 0.321 e. The van der Waals surface area contributed by atoms with E-state index in [-0.39, 0.29) is 11.8 Å². The van der Waals surface area contributed by atoms with Crippen LogP contribution in [0.3, 0.4) is 0 Å². The molecule has 0 aliphatic heterocycles. The highest BCUT2D eigenvalue weighted by Crippen LogP contribution is 2.22. The second-order valence-electron chi connectivity index (χ2n) is 5.33. The van der Waals surface area contributed by atoms with Crippen LogP contribution in [0.1, 0.15) is 10.6 Å². The maximum absolute atomic E-state index is 13.3. The van der Waals surface area contributed by atoms with Crippen LogP contribution >= 0.6 is 11.3 Å². The first-order chi connectivity index (χ1) is 11.0. The van der Waals surface area contributed by atoms with E-state index in [1.54, 1.807) is 42.3 Å². The Bertz CT molecular complexity index is 829. The number of aryl methyl sites for hydroxylation is 1. The number of carbonyl (C=O) groups is 1. The van der Waals surface area contributed by atoms with Crippen LogP contribution in [0, 0.1) is 12.7 Å². The molecule has 3 aromatic rings. The molecular formula is C17H16FN3OS. The van der Waals surface area contributed by atoms with E-state index in [0.717, 1.165) is 15.2 Å². The Kier molecular flexibility index (Phi) is 4.25. The van der Waals surface area contributed by atoms with Crippen molar-refractivity contribution in [2.45, 2.75) is 13.5 Å². The Morgan fingerprint density at radius 2 is 2.09 bits per heavy atom. The fraction of sp³-hybridized carbons (Fsp3) is 0.176. The van der Waals surface area contributed by atoms with Gasteiger partial charge in [0.25, 0.3) is 0 Å². The number of para-hydroxylation sites is 1. The van der Waals surface area contributed by atoms with E-state index in [2.05, 4.69) is 10.3 Å². The van der Waals surface area contributed by atoms with Crippen LogP contribution in [-0.2, 0) is 6.54 Å². The molecule has 118 valence electrons. The van der Waals surface area contributed by atoms with Crippen molar-refractivity contribution in [3.05, 3.63) is 58.9 Å². The summed E-state index contributed by atoms with van der Waals surface area (Å²) in [4.78, 5) is 18.3. The molecule has 1 aromatic heterocycles. The number of fused-ring (bicyclic) bond motifs is 1. The van der Waals surface area contributed by atoms with Crippen molar-refractivity contribution in [1.29, 1.82) is 0 Å². The van der Waals surface area contributed by atoms with Crippen molar-refractivity contribution in [3.8, 4) is 0 Å². The van der Waals surface area contributed by atoms with E-state index in [1.807, 2.05) is 24.3 Å². The normalized spacial score (nSPS) is 10.7. The summed E-state index contributed by atoms with van der Waals surface area (Å²) in [7, 11) is 1.71. The molecule has 0 radical (unpaired) electrons. The third kappa shape index (κ3) is 3.48. The van der Waals surface area contributed by atoms with Gasteiger partial charge in [-0.25, -0.2) is 14.2 Å². The summed E-state index contributed by atoms with van der Waals surface area (Å²) < 4.78 is 14.4. The number of nitrogens with zero attached hydrogens (tertiary/aromatic N) is 2. The van der Waals surface area contributed by atoms with Gasteiger partial charge in [0, 0.05) is 12.7 Å². The summed E-state index contributed by atoms with van der Waals surface area (Å²) in [5.41, 5.74) is 2.01. The average Bonchev–Trinajstić information content (AvgIpc) is 2.93. The number of benzene rings is 2.